The smallest absolute Gasteiger partial charge is 0.100 e. The number of ether oxygens (including phenoxy) is 1. The lowest BCUT2D eigenvalue weighted by atomic mass is 10.2. The molecule has 0 saturated heterocycles. The largest absolute Gasteiger partial charge is 0.385 e. The van der Waals surface area contributed by atoms with Crippen LogP contribution in [0.1, 0.15) is 12.0 Å². The fraction of sp³-hybridized carbons (Fsp3) is 0.278. The Morgan fingerprint density at radius 2 is 1.91 bits per heavy atom. The number of nitrogens with one attached hydrogen (secondary N) is 1. The number of imidazole rings is 1. The molecule has 22 heavy (non-hydrogen) atoms. The molecular formula is C18H21N3O. The first-order valence-corrected chi connectivity index (χ1v) is 7.59. The SMILES string of the molecule is COCCCNCc1ccc(-n2cnc3ccccc32)cc1. The van der Waals surface area contributed by atoms with Crippen molar-refractivity contribution in [3.05, 3.63) is 60.4 Å². The van der Waals surface area contributed by atoms with Gasteiger partial charge in [0, 0.05) is 25.9 Å². The zero-order valence-electron chi connectivity index (χ0n) is 12.8. The molecular weight excluding hydrogens is 274 g/mol. The summed E-state index contributed by atoms with van der Waals surface area (Å²) in [5.41, 5.74) is 4.57. The Morgan fingerprint density at radius 1 is 1.09 bits per heavy atom. The van der Waals surface area contributed by atoms with Crippen molar-refractivity contribution in [3.63, 3.8) is 0 Å². The number of fused-ring (bicyclic) bond motifs is 1. The third-order valence-electron chi connectivity index (χ3n) is 3.70. The van der Waals surface area contributed by atoms with Crippen molar-refractivity contribution in [1.82, 2.24) is 14.9 Å². The van der Waals surface area contributed by atoms with E-state index < -0.39 is 0 Å². The lowest BCUT2D eigenvalue weighted by Crippen LogP contribution is -2.16. The van der Waals surface area contributed by atoms with Gasteiger partial charge in [0.25, 0.3) is 0 Å². The fourth-order valence-electron chi connectivity index (χ4n) is 2.51. The highest BCUT2D eigenvalue weighted by Crippen LogP contribution is 2.18. The predicted molar refractivity (Wildman–Crippen MR) is 89.3 cm³/mol. The van der Waals surface area contributed by atoms with Gasteiger partial charge in [-0.15, -0.1) is 0 Å². The van der Waals surface area contributed by atoms with E-state index in [1.165, 1.54) is 5.56 Å². The van der Waals surface area contributed by atoms with Crippen molar-refractivity contribution in [2.45, 2.75) is 13.0 Å². The highest BCUT2D eigenvalue weighted by atomic mass is 16.5. The highest BCUT2D eigenvalue weighted by Gasteiger charge is 2.03. The van der Waals surface area contributed by atoms with Crippen LogP contribution in [-0.2, 0) is 11.3 Å². The van der Waals surface area contributed by atoms with Crippen LogP contribution in [0.15, 0.2) is 54.9 Å². The van der Waals surface area contributed by atoms with Crippen LogP contribution in [-0.4, -0.2) is 29.8 Å². The van der Waals surface area contributed by atoms with Gasteiger partial charge >= 0.3 is 0 Å². The summed E-state index contributed by atoms with van der Waals surface area (Å²) in [5, 5.41) is 3.42. The maximum atomic E-state index is 5.04. The Bertz CT molecular complexity index is 719. The molecule has 0 spiro atoms. The van der Waals surface area contributed by atoms with Gasteiger partial charge in [-0.3, -0.25) is 4.57 Å². The third-order valence-corrected chi connectivity index (χ3v) is 3.70. The molecule has 1 heterocycles. The van der Waals surface area contributed by atoms with Gasteiger partial charge in [-0.05, 0) is 42.8 Å². The summed E-state index contributed by atoms with van der Waals surface area (Å²) >= 11 is 0. The summed E-state index contributed by atoms with van der Waals surface area (Å²) in [4.78, 5) is 4.43. The molecule has 1 N–H and O–H groups in total. The van der Waals surface area contributed by atoms with Crippen molar-refractivity contribution in [1.29, 1.82) is 0 Å². The lowest BCUT2D eigenvalue weighted by molar-refractivity contribution is 0.194. The molecule has 0 radical (unpaired) electrons. The van der Waals surface area contributed by atoms with E-state index in [-0.39, 0.29) is 0 Å². The second-order valence-corrected chi connectivity index (χ2v) is 5.29. The van der Waals surface area contributed by atoms with Gasteiger partial charge < -0.3 is 10.1 Å². The van der Waals surface area contributed by atoms with Gasteiger partial charge in [0.1, 0.15) is 6.33 Å². The van der Waals surface area contributed by atoms with Crippen LogP contribution in [0.25, 0.3) is 16.7 Å². The van der Waals surface area contributed by atoms with E-state index in [1.807, 2.05) is 24.5 Å². The Kier molecular flexibility index (Phi) is 4.83. The predicted octanol–water partition coefficient (Wildman–Crippen LogP) is 3.15. The molecule has 0 fully saturated rings. The summed E-state index contributed by atoms with van der Waals surface area (Å²) in [6, 6.07) is 16.8. The van der Waals surface area contributed by atoms with Gasteiger partial charge in [0.2, 0.25) is 0 Å². The Morgan fingerprint density at radius 3 is 2.73 bits per heavy atom. The van der Waals surface area contributed by atoms with E-state index in [2.05, 4.69) is 45.2 Å². The molecule has 4 nitrogen and oxygen atoms in total. The topological polar surface area (TPSA) is 39.1 Å². The van der Waals surface area contributed by atoms with Crippen LogP contribution in [0.2, 0.25) is 0 Å². The Labute approximate surface area is 130 Å². The van der Waals surface area contributed by atoms with Crippen LogP contribution >= 0.6 is 0 Å². The summed E-state index contributed by atoms with van der Waals surface area (Å²) in [6.45, 7) is 2.66. The number of nitrogens with zero attached hydrogens (tertiary/aromatic N) is 2. The minimum atomic E-state index is 0.805. The minimum Gasteiger partial charge on any atom is -0.385 e. The number of hydrogen-bond donors (Lipinski definition) is 1. The van der Waals surface area contributed by atoms with Gasteiger partial charge in [-0.2, -0.15) is 0 Å². The van der Waals surface area contributed by atoms with Crippen LogP contribution in [0, 0.1) is 0 Å². The van der Waals surface area contributed by atoms with Gasteiger partial charge in [0.15, 0.2) is 0 Å². The molecule has 0 atom stereocenters. The van der Waals surface area contributed by atoms with Crippen molar-refractivity contribution in [2.75, 3.05) is 20.3 Å². The van der Waals surface area contributed by atoms with Gasteiger partial charge in [-0.1, -0.05) is 24.3 Å². The zero-order chi connectivity index (χ0) is 15.2. The number of para-hydroxylation sites is 2. The quantitative estimate of drug-likeness (QED) is 0.681. The second kappa shape index (κ2) is 7.20. The van der Waals surface area contributed by atoms with Gasteiger partial charge in [-0.25, -0.2) is 4.98 Å². The van der Waals surface area contributed by atoms with E-state index in [9.17, 15) is 0 Å². The number of methoxy groups -OCH3 is 1. The van der Waals surface area contributed by atoms with E-state index in [0.717, 1.165) is 42.8 Å². The number of hydrogen-bond acceptors (Lipinski definition) is 3. The lowest BCUT2D eigenvalue weighted by Gasteiger charge is -2.07. The molecule has 0 unspecified atom stereocenters. The number of aromatic nitrogens is 2. The van der Waals surface area contributed by atoms with Crippen molar-refractivity contribution in [2.24, 2.45) is 0 Å². The van der Waals surface area contributed by atoms with Gasteiger partial charge in [0.05, 0.1) is 11.0 Å². The molecule has 3 aromatic rings. The first kappa shape index (κ1) is 14.8. The molecule has 0 amide bonds. The molecule has 0 bridgehead atoms. The molecule has 1 aromatic heterocycles. The van der Waals surface area contributed by atoms with Crippen molar-refractivity contribution in [3.8, 4) is 5.69 Å². The third kappa shape index (κ3) is 3.35. The molecule has 3 rings (SSSR count). The number of rotatable bonds is 7. The zero-order valence-corrected chi connectivity index (χ0v) is 12.8. The Hall–Kier alpha value is -2.17. The average molecular weight is 295 g/mol. The molecule has 114 valence electrons. The van der Waals surface area contributed by atoms with E-state index in [1.54, 1.807) is 7.11 Å². The Balaban J connectivity index is 1.66. The van der Waals surface area contributed by atoms with E-state index >= 15 is 0 Å². The van der Waals surface area contributed by atoms with Crippen LogP contribution in [0.4, 0.5) is 0 Å². The van der Waals surface area contributed by atoms with Crippen molar-refractivity contribution < 1.29 is 4.74 Å². The minimum absolute atomic E-state index is 0.805. The normalized spacial score (nSPS) is 11.1. The summed E-state index contributed by atoms with van der Waals surface area (Å²) in [7, 11) is 1.73. The fourth-order valence-corrected chi connectivity index (χ4v) is 2.51. The molecule has 0 aliphatic rings. The highest BCUT2D eigenvalue weighted by molar-refractivity contribution is 5.77. The first-order valence-electron chi connectivity index (χ1n) is 7.59. The first-order chi connectivity index (χ1) is 10.9. The van der Waals surface area contributed by atoms with Crippen LogP contribution in [0.5, 0.6) is 0 Å². The maximum Gasteiger partial charge on any atom is 0.100 e. The summed E-state index contributed by atoms with van der Waals surface area (Å²) in [5.74, 6) is 0. The summed E-state index contributed by atoms with van der Waals surface area (Å²) in [6.07, 6.45) is 2.91. The van der Waals surface area contributed by atoms with Crippen LogP contribution < -0.4 is 5.32 Å². The molecule has 2 aromatic carbocycles. The molecule has 0 saturated carbocycles. The molecule has 4 heteroatoms. The monoisotopic (exact) mass is 295 g/mol. The molecule has 0 aliphatic carbocycles. The van der Waals surface area contributed by atoms with E-state index in [4.69, 9.17) is 4.74 Å². The van der Waals surface area contributed by atoms with Crippen molar-refractivity contribution >= 4 is 11.0 Å². The number of benzene rings is 2. The maximum absolute atomic E-state index is 5.04. The molecule has 0 aliphatic heterocycles. The average Bonchev–Trinajstić information content (AvgIpc) is 2.99. The standard InChI is InChI=1S/C18H21N3O/c1-22-12-4-11-19-13-15-7-9-16(10-8-15)21-14-20-17-5-2-3-6-18(17)21/h2-3,5-10,14,19H,4,11-13H2,1H3. The van der Waals surface area contributed by atoms with Crippen LogP contribution in [0.3, 0.4) is 0 Å². The summed E-state index contributed by atoms with van der Waals surface area (Å²) < 4.78 is 7.15. The second-order valence-electron chi connectivity index (χ2n) is 5.29. The van der Waals surface area contributed by atoms with E-state index in [0.29, 0.717) is 0 Å².